The molecule has 1 heterocycles. The molecule has 0 saturated heterocycles. The highest BCUT2D eigenvalue weighted by atomic mass is 16.1. The zero-order valence-electron chi connectivity index (χ0n) is 7.99. The van der Waals surface area contributed by atoms with Crippen molar-refractivity contribution >= 4 is 5.91 Å². The lowest BCUT2D eigenvalue weighted by molar-refractivity contribution is -0.116. The van der Waals surface area contributed by atoms with Crippen LogP contribution in [-0.4, -0.2) is 12.5 Å². The molecule has 0 bridgehead atoms. The van der Waals surface area contributed by atoms with Crippen molar-refractivity contribution in [2.24, 2.45) is 0 Å². The average Bonchev–Trinajstić information content (AvgIpc) is 2.19. The molecular formula is C12H13NO. The monoisotopic (exact) mass is 187 g/mol. The second-order valence-corrected chi connectivity index (χ2v) is 3.51. The molecule has 72 valence electrons. The highest BCUT2D eigenvalue weighted by Crippen LogP contribution is 2.12. The summed E-state index contributed by atoms with van der Waals surface area (Å²) >= 11 is 0. The Morgan fingerprint density at radius 3 is 2.71 bits per heavy atom. The number of benzene rings is 1. The summed E-state index contributed by atoms with van der Waals surface area (Å²) in [6.07, 6.45) is 3.59. The van der Waals surface area contributed by atoms with Crippen molar-refractivity contribution in [1.82, 2.24) is 5.32 Å². The SMILES string of the molecule is O=C1C=C(Cc2ccccc2)CCN1. The first-order valence-electron chi connectivity index (χ1n) is 4.86. The number of rotatable bonds is 2. The Morgan fingerprint density at radius 1 is 1.21 bits per heavy atom. The fourth-order valence-corrected chi connectivity index (χ4v) is 1.65. The first-order valence-corrected chi connectivity index (χ1v) is 4.86. The zero-order valence-corrected chi connectivity index (χ0v) is 7.99. The minimum Gasteiger partial charge on any atom is -0.352 e. The van der Waals surface area contributed by atoms with Gasteiger partial charge in [0.2, 0.25) is 5.91 Å². The van der Waals surface area contributed by atoms with Crippen LogP contribution in [-0.2, 0) is 11.2 Å². The van der Waals surface area contributed by atoms with E-state index in [1.807, 2.05) is 18.2 Å². The van der Waals surface area contributed by atoms with Crippen LogP contribution >= 0.6 is 0 Å². The molecule has 2 rings (SSSR count). The van der Waals surface area contributed by atoms with E-state index in [0.717, 1.165) is 19.4 Å². The number of hydrogen-bond donors (Lipinski definition) is 1. The molecule has 0 fully saturated rings. The summed E-state index contributed by atoms with van der Waals surface area (Å²) in [4.78, 5) is 11.1. The molecule has 1 aromatic rings. The number of carbonyl (C=O) groups is 1. The predicted octanol–water partition coefficient (Wildman–Crippen LogP) is 1.68. The fraction of sp³-hybridized carbons (Fsp3) is 0.250. The van der Waals surface area contributed by atoms with Crippen molar-refractivity contribution in [3.05, 3.63) is 47.5 Å². The summed E-state index contributed by atoms with van der Waals surface area (Å²) in [5.74, 6) is 0.0437. The Kier molecular flexibility index (Phi) is 2.63. The van der Waals surface area contributed by atoms with E-state index in [4.69, 9.17) is 0 Å². The Labute approximate surface area is 83.6 Å². The summed E-state index contributed by atoms with van der Waals surface area (Å²) in [7, 11) is 0. The van der Waals surface area contributed by atoms with Gasteiger partial charge in [-0.1, -0.05) is 35.9 Å². The van der Waals surface area contributed by atoms with Crippen molar-refractivity contribution in [1.29, 1.82) is 0 Å². The number of hydrogen-bond acceptors (Lipinski definition) is 1. The third-order valence-electron chi connectivity index (χ3n) is 2.35. The normalized spacial score (nSPS) is 16.0. The van der Waals surface area contributed by atoms with E-state index in [1.165, 1.54) is 11.1 Å². The summed E-state index contributed by atoms with van der Waals surface area (Å²) < 4.78 is 0. The second kappa shape index (κ2) is 4.09. The number of carbonyl (C=O) groups excluding carboxylic acids is 1. The van der Waals surface area contributed by atoms with Crippen LogP contribution < -0.4 is 5.32 Å². The smallest absolute Gasteiger partial charge is 0.243 e. The number of nitrogens with one attached hydrogen (secondary N) is 1. The Morgan fingerprint density at radius 2 is 2.00 bits per heavy atom. The van der Waals surface area contributed by atoms with Gasteiger partial charge in [0.05, 0.1) is 0 Å². The van der Waals surface area contributed by atoms with Crippen LogP contribution in [0.4, 0.5) is 0 Å². The molecule has 0 radical (unpaired) electrons. The molecule has 0 saturated carbocycles. The molecule has 0 aromatic heterocycles. The first kappa shape index (κ1) is 9.00. The molecule has 2 heteroatoms. The summed E-state index contributed by atoms with van der Waals surface area (Å²) in [5, 5.41) is 2.78. The minimum atomic E-state index is 0.0437. The second-order valence-electron chi connectivity index (χ2n) is 3.51. The predicted molar refractivity (Wildman–Crippen MR) is 55.9 cm³/mol. The highest BCUT2D eigenvalue weighted by molar-refractivity contribution is 5.89. The zero-order chi connectivity index (χ0) is 9.80. The van der Waals surface area contributed by atoms with Crippen molar-refractivity contribution in [2.45, 2.75) is 12.8 Å². The van der Waals surface area contributed by atoms with E-state index in [0.29, 0.717) is 0 Å². The van der Waals surface area contributed by atoms with Gasteiger partial charge in [-0.15, -0.1) is 0 Å². The summed E-state index contributed by atoms with van der Waals surface area (Å²) in [6, 6.07) is 10.2. The molecular weight excluding hydrogens is 174 g/mol. The van der Waals surface area contributed by atoms with Crippen molar-refractivity contribution < 1.29 is 4.79 Å². The van der Waals surface area contributed by atoms with Gasteiger partial charge >= 0.3 is 0 Å². The Hall–Kier alpha value is -1.57. The molecule has 1 aromatic carbocycles. The Balaban J connectivity index is 2.08. The van der Waals surface area contributed by atoms with Crippen LogP contribution in [0.1, 0.15) is 12.0 Å². The molecule has 1 N–H and O–H groups in total. The van der Waals surface area contributed by atoms with Gasteiger partial charge in [0.1, 0.15) is 0 Å². The van der Waals surface area contributed by atoms with E-state index < -0.39 is 0 Å². The van der Waals surface area contributed by atoms with Gasteiger partial charge in [-0.05, 0) is 18.4 Å². The van der Waals surface area contributed by atoms with Crippen LogP contribution in [0.2, 0.25) is 0 Å². The Bertz CT molecular complexity index is 354. The molecule has 14 heavy (non-hydrogen) atoms. The third kappa shape index (κ3) is 2.22. The van der Waals surface area contributed by atoms with E-state index >= 15 is 0 Å². The van der Waals surface area contributed by atoms with Crippen LogP contribution in [0.3, 0.4) is 0 Å². The minimum absolute atomic E-state index is 0.0437. The van der Waals surface area contributed by atoms with Gasteiger partial charge in [0.25, 0.3) is 0 Å². The lowest BCUT2D eigenvalue weighted by Gasteiger charge is -2.13. The number of amides is 1. The van der Waals surface area contributed by atoms with Gasteiger partial charge in [-0.2, -0.15) is 0 Å². The summed E-state index contributed by atoms with van der Waals surface area (Å²) in [5.41, 5.74) is 2.49. The maximum atomic E-state index is 11.1. The van der Waals surface area contributed by atoms with E-state index in [2.05, 4.69) is 17.4 Å². The molecule has 1 aliphatic rings. The molecule has 0 aliphatic carbocycles. The van der Waals surface area contributed by atoms with Crippen LogP contribution in [0, 0.1) is 0 Å². The molecule has 0 atom stereocenters. The molecule has 2 nitrogen and oxygen atoms in total. The van der Waals surface area contributed by atoms with Gasteiger partial charge in [-0.3, -0.25) is 4.79 Å². The van der Waals surface area contributed by atoms with Gasteiger partial charge in [-0.25, -0.2) is 0 Å². The van der Waals surface area contributed by atoms with Crippen molar-refractivity contribution in [3.8, 4) is 0 Å². The van der Waals surface area contributed by atoms with Gasteiger partial charge < -0.3 is 5.32 Å². The standard InChI is InChI=1S/C12H13NO/c14-12-9-11(6-7-13-12)8-10-4-2-1-3-5-10/h1-5,9H,6-8H2,(H,13,14). The first-order chi connectivity index (χ1) is 6.84. The van der Waals surface area contributed by atoms with E-state index in [9.17, 15) is 4.79 Å². The van der Waals surface area contributed by atoms with Crippen LogP contribution in [0.15, 0.2) is 42.0 Å². The van der Waals surface area contributed by atoms with E-state index in [-0.39, 0.29) is 5.91 Å². The molecule has 1 amide bonds. The van der Waals surface area contributed by atoms with Crippen LogP contribution in [0.25, 0.3) is 0 Å². The lowest BCUT2D eigenvalue weighted by Crippen LogP contribution is -2.27. The quantitative estimate of drug-likeness (QED) is 0.749. The maximum Gasteiger partial charge on any atom is 0.243 e. The van der Waals surface area contributed by atoms with Crippen molar-refractivity contribution in [2.75, 3.05) is 6.54 Å². The maximum absolute atomic E-state index is 11.1. The topological polar surface area (TPSA) is 29.1 Å². The largest absolute Gasteiger partial charge is 0.352 e. The van der Waals surface area contributed by atoms with Gasteiger partial charge in [0, 0.05) is 12.6 Å². The highest BCUT2D eigenvalue weighted by Gasteiger charge is 2.08. The van der Waals surface area contributed by atoms with Crippen LogP contribution in [0.5, 0.6) is 0 Å². The average molecular weight is 187 g/mol. The molecule has 0 unspecified atom stereocenters. The lowest BCUT2D eigenvalue weighted by atomic mass is 10.0. The third-order valence-corrected chi connectivity index (χ3v) is 2.35. The molecule has 1 aliphatic heterocycles. The summed E-state index contributed by atoms with van der Waals surface area (Å²) in [6.45, 7) is 0.775. The fourth-order valence-electron chi connectivity index (χ4n) is 1.65. The molecule has 0 spiro atoms. The van der Waals surface area contributed by atoms with Crippen molar-refractivity contribution in [3.63, 3.8) is 0 Å². The van der Waals surface area contributed by atoms with Gasteiger partial charge in [0.15, 0.2) is 0 Å². The van der Waals surface area contributed by atoms with E-state index in [1.54, 1.807) is 6.08 Å².